The number of hydrogen-bond acceptors (Lipinski definition) is 3. The summed E-state index contributed by atoms with van der Waals surface area (Å²) in [6, 6.07) is 6.60. The first-order chi connectivity index (χ1) is 9.10. The highest BCUT2D eigenvalue weighted by molar-refractivity contribution is 5.69. The zero-order chi connectivity index (χ0) is 13.8. The second kappa shape index (κ2) is 6.15. The zero-order valence-electron chi connectivity index (χ0n) is 11.1. The Morgan fingerprint density at radius 2 is 2.05 bits per heavy atom. The van der Waals surface area contributed by atoms with Crippen molar-refractivity contribution in [3.63, 3.8) is 0 Å². The standard InChI is InChI=1S/C15H20FNO2/c1-19-15(18)9-10-2-7-14(17)13(8-10)11-3-5-12(16)6-4-11/h3-6,10,13-14H,2,7-9,17H2,1H3. The van der Waals surface area contributed by atoms with Crippen molar-refractivity contribution in [2.24, 2.45) is 11.7 Å². The fraction of sp³-hybridized carbons (Fsp3) is 0.533. The Bertz CT molecular complexity index is 432. The SMILES string of the molecule is COC(=O)CC1CCC(N)C(c2ccc(F)cc2)C1. The van der Waals surface area contributed by atoms with Gasteiger partial charge in [0.1, 0.15) is 5.82 Å². The molecule has 1 aliphatic carbocycles. The summed E-state index contributed by atoms with van der Waals surface area (Å²) >= 11 is 0. The van der Waals surface area contributed by atoms with E-state index in [1.54, 1.807) is 12.1 Å². The molecule has 3 unspecified atom stereocenters. The first kappa shape index (κ1) is 14.0. The second-order valence-corrected chi connectivity index (χ2v) is 5.28. The lowest BCUT2D eigenvalue weighted by molar-refractivity contribution is -0.142. The number of hydrogen-bond donors (Lipinski definition) is 1. The molecule has 1 aromatic rings. The molecule has 19 heavy (non-hydrogen) atoms. The van der Waals surface area contributed by atoms with Gasteiger partial charge in [-0.1, -0.05) is 12.1 Å². The minimum absolute atomic E-state index is 0.0827. The molecule has 0 aliphatic heterocycles. The van der Waals surface area contributed by atoms with Crippen LogP contribution in [-0.4, -0.2) is 19.1 Å². The van der Waals surface area contributed by atoms with Crippen molar-refractivity contribution in [2.45, 2.75) is 37.6 Å². The van der Waals surface area contributed by atoms with Crippen LogP contribution in [0.5, 0.6) is 0 Å². The number of carbonyl (C=O) groups is 1. The maximum absolute atomic E-state index is 13.0. The van der Waals surface area contributed by atoms with Gasteiger partial charge in [0.05, 0.1) is 7.11 Å². The predicted molar refractivity (Wildman–Crippen MR) is 71.1 cm³/mol. The van der Waals surface area contributed by atoms with Crippen molar-refractivity contribution >= 4 is 5.97 Å². The molecule has 1 fully saturated rings. The van der Waals surface area contributed by atoms with E-state index in [-0.39, 0.29) is 23.7 Å². The highest BCUT2D eigenvalue weighted by Gasteiger charge is 2.30. The molecule has 2 rings (SSSR count). The van der Waals surface area contributed by atoms with Crippen LogP contribution < -0.4 is 5.73 Å². The number of benzene rings is 1. The van der Waals surface area contributed by atoms with Crippen LogP contribution in [0.25, 0.3) is 0 Å². The van der Waals surface area contributed by atoms with Gasteiger partial charge in [-0.2, -0.15) is 0 Å². The number of esters is 1. The predicted octanol–water partition coefficient (Wildman–Crippen LogP) is 2.60. The molecule has 0 amide bonds. The van der Waals surface area contributed by atoms with E-state index >= 15 is 0 Å². The van der Waals surface area contributed by atoms with Crippen LogP contribution in [0, 0.1) is 11.7 Å². The van der Waals surface area contributed by atoms with Crippen LogP contribution in [0.1, 0.15) is 37.2 Å². The minimum atomic E-state index is -0.237. The average molecular weight is 265 g/mol. The smallest absolute Gasteiger partial charge is 0.305 e. The zero-order valence-corrected chi connectivity index (χ0v) is 11.1. The van der Waals surface area contributed by atoms with Crippen molar-refractivity contribution < 1.29 is 13.9 Å². The third-order valence-electron chi connectivity index (χ3n) is 3.99. The summed E-state index contributed by atoms with van der Waals surface area (Å²) in [7, 11) is 1.41. The molecule has 1 saturated carbocycles. The van der Waals surface area contributed by atoms with Crippen molar-refractivity contribution in [3.8, 4) is 0 Å². The summed E-state index contributed by atoms with van der Waals surface area (Å²) in [5.74, 6) is 0.101. The van der Waals surface area contributed by atoms with Gasteiger partial charge in [-0.25, -0.2) is 4.39 Å². The number of nitrogens with two attached hydrogens (primary N) is 1. The van der Waals surface area contributed by atoms with Gasteiger partial charge in [0.15, 0.2) is 0 Å². The van der Waals surface area contributed by atoms with Gasteiger partial charge in [0.25, 0.3) is 0 Å². The Kier molecular flexibility index (Phi) is 4.53. The van der Waals surface area contributed by atoms with Gasteiger partial charge in [0, 0.05) is 12.5 Å². The fourth-order valence-corrected chi connectivity index (χ4v) is 2.88. The number of ether oxygens (including phenoxy) is 1. The molecule has 3 atom stereocenters. The fourth-order valence-electron chi connectivity index (χ4n) is 2.88. The third kappa shape index (κ3) is 3.53. The third-order valence-corrected chi connectivity index (χ3v) is 3.99. The number of methoxy groups -OCH3 is 1. The molecule has 104 valence electrons. The summed E-state index contributed by atoms with van der Waals surface area (Å²) in [6.45, 7) is 0. The quantitative estimate of drug-likeness (QED) is 0.855. The molecule has 3 nitrogen and oxygen atoms in total. The van der Waals surface area contributed by atoms with Crippen molar-refractivity contribution in [2.75, 3.05) is 7.11 Å². The lowest BCUT2D eigenvalue weighted by Gasteiger charge is -2.34. The van der Waals surface area contributed by atoms with Crippen LogP contribution in [0.3, 0.4) is 0 Å². The first-order valence-electron chi connectivity index (χ1n) is 6.68. The molecule has 1 aromatic carbocycles. The van der Waals surface area contributed by atoms with Gasteiger partial charge in [0.2, 0.25) is 0 Å². The topological polar surface area (TPSA) is 52.3 Å². The maximum atomic E-state index is 13.0. The average Bonchev–Trinajstić information content (AvgIpc) is 2.42. The molecule has 0 radical (unpaired) electrons. The van der Waals surface area contributed by atoms with E-state index in [9.17, 15) is 9.18 Å². The minimum Gasteiger partial charge on any atom is -0.469 e. The molecule has 1 aliphatic rings. The lowest BCUT2D eigenvalue weighted by atomic mass is 9.74. The van der Waals surface area contributed by atoms with E-state index in [4.69, 9.17) is 10.5 Å². The molecule has 0 saturated heterocycles. The van der Waals surface area contributed by atoms with Crippen LogP contribution >= 0.6 is 0 Å². The first-order valence-corrected chi connectivity index (χ1v) is 6.68. The summed E-state index contributed by atoms with van der Waals surface area (Å²) in [4.78, 5) is 11.3. The van der Waals surface area contributed by atoms with E-state index in [1.165, 1.54) is 19.2 Å². The van der Waals surface area contributed by atoms with E-state index < -0.39 is 0 Å². The Morgan fingerprint density at radius 3 is 2.68 bits per heavy atom. The number of rotatable bonds is 3. The molecule has 2 N–H and O–H groups in total. The maximum Gasteiger partial charge on any atom is 0.305 e. The highest BCUT2D eigenvalue weighted by Crippen LogP contribution is 2.37. The van der Waals surface area contributed by atoms with Gasteiger partial charge < -0.3 is 10.5 Å². The Labute approximate surface area is 112 Å². The summed E-state index contributed by atoms with van der Waals surface area (Å²) < 4.78 is 17.7. The highest BCUT2D eigenvalue weighted by atomic mass is 19.1. The molecule has 0 bridgehead atoms. The normalized spacial score (nSPS) is 27.0. The Balaban J connectivity index is 2.06. The summed E-state index contributed by atoms with van der Waals surface area (Å²) in [6.07, 6.45) is 3.15. The van der Waals surface area contributed by atoms with Crippen LogP contribution in [0.2, 0.25) is 0 Å². The Hall–Kier alpha value is -1.42. The number of carbonyl (C=O) groups excluding carboxylic acids is 1. The molecular weight excluding hydrogens is 245 g/mol. The summed E-state index contributed by atoms with van der Waals surface area (Å²) in [5, 5.41) is 0. The van der Waals surface area contributed by atoms with Crippen LogP contribution in [0.4, 0.5) is 4.39 Å². The van der Waals surface area contributed by atoms with Crippen LogP contribution in [-0.2, 0) is 9.53 Å². The van der Waals surface area contributed by atoms with Crippen LogP contribution in [0.15, 0.2) is 24.3 Å². The molecule has 0 heterocycles. The molecule has 4 heteroatoms. The molecular formula is C15H20FNO2. The van der Waals surface area contributed by atoms with E-state index in [2.05, 4.69) is 0 Å². The van der Waals surface area contributed by atoms with Crippen molar-refractivity contribution in [1.29, 1.82) is 0 Å². The monoisotopic (exact) mass is 265 g/mol. The molecule has 0 spiro atoms. The molecule has 0 aromatic heterocycles. The van der Waals surface area contributed by atoms with E-state index in [0.717, 1.165) is 24.8 Å². The van der Waals surface area contributed by atoms with Crippen molar-refractivity contribution in [3.05, 3.63) is 35.6 Å². The van der Waals surface area contributed by atoms with Gasteiger partial charge in [-0.15, -0.1) is 0 Å². The lowest BCUT2D eigenvalue weighted by Crippen LogP contribution is -2.35. The van der Waals surface area contributed by atoms with E-state index in [1.807, 2.05) is 0 Å². The van der Waals surface area contributed by atoms with Crippen molar-refractivity contribution in [1.82, 2.24) is 0 Å². The summed E-state index contributed by atoms with van der Waals surface area (Å²) in [5.41, 5.74) is 7.22. The largest absolute Gasteiger partial charge is 0.469 e. The van der Waals surface area contributed by atoms with E-state index in [0.29, 0.717) is 12.3 Å². The van der Waals surface area contributed by atoms with Gasteiger partial charge in [-0.05, 0) is 48.8 Å². The Morgan fingerprint density at radius 1 is 1.37 bits per heavy atom. The van der Waals surface area contributed by atoms with Gasteiger partial charge in [-0.3, -0.25) is 4.79 Å². The number of halogens is 1. The van der Waals surface area contributed by atoms with Gasteiger partial charge >= 0.3 is 5.97 Å². The second-order valence-electron chi connectivity index (χ2n) is 5.28.